The average Bonchev–Trinajstić information content (AvgIpc) is 2.80. The first kappa shape index (κ1) is 24.4. The van der Waals surface area contributed by atoms with Gasteiger partial charge in [-0.3, -0.25) is 19.1 Å². The quantitative estimate of drug-likeness (QED) is 0.490. The van der Waals surface area contributed by atoms with Crippen molar-refractivity contribution < 1.29 is 24.2 Å². The van der Waals surface area contributed by atoms with Crippen molar-refractivity contribution in [3.8, 4) is 5.75 Å². The summed E-state index contributed by atoms with van der Waals surface area (Å²) in [6.45, 7) is 3.13. The van der Waals surface area contributed by atoms with Crippen LogP contribution in [0, 0.1) is 5.82 Å². The molecule has 0 atom stereocenters. The van der Waals surface area contributed by atoms with E-state index < -0.39 is 40.4 Å². The van der Waals surface area contributed by atoms with Crippen molar-refractivity contribution in [2.24, 2.45) is 7.05 Å². The highest BCUT2D eigenvalue weighted by Gasteiger charge is 2.38. The maximum absolute atomic E-state index is 13.1. The van der Waals surface area contributed by atoms with Crippen LogP contribution in [-0.2, 0) is 25.7 Å². The topological polar surface area (TPSA) is 125 Å². The Morgan fingerprint density at radius 2 is 1.71 bits per heavy atom. The van der Waals surface area contributed by atoms with Crippen LogP contribution in [0.15, 0.2) is 59.4 Å². The van der Waals surface area contributed by atoms with E-state index in [1.165, 1.54) is 31.3 Å². The summed E-state index contributed by atoms with van der Waals surface area (Å²) >= 11 is 0. The van der Waals surface area contributed by atoms with Crippen LogP contribution < -0.4 is 10.9 Å². The highest BCUT2D eigenvalue weighted by Crippen LogP contribution is 2.29. The van der Waals surface area contributed by atoms with Crippen molar-refractivity contribution in [1.29, 1.82) is 0 Å². The number of hydrogen-bond donors (Lipinski definition) is 3. The van der Waals surface area contributed by atoms with E-state index in [2.05, 4.69) is 10.3 Å². The van der Waals surface area contributed by atoms with E-state index in [0.29, 0.717) is 5.56 Å². The Morgan fingerprint density at radius 1 is 1.09 bits per heavy atom. The molecule has 178 valence electrons. The second-order valence-electron chi connectivity index (χ2n) is 8.22. The Morgan fingerprint density at radius 3 is 2.29 bits per heavy atom. The summed E-state index contributed by atoms with van der Waals surface area (Å²) in [7, 11) is 1.34. The second-order valence-corrected chi connectivity index (χ2v) is 8.22. The molecule has 34 heavy (non-hydrogen) atoms. The standard InChI is InChI=1S/C24H25FN4O5/c1-24(2,29(23(33)34)14-16-7-5-4-6-8-16)22-27-18(19(30)21(32)28(22)3)20(31)26-13-15-9-11-17(25)12-10-15/h4-12,30H,13-14H2,1-3H3,(H,26,31)(H,33,34). The van der Waals surface area contributed by atoms with Crippen LogP contribution in [0.1, 0.15) is 41.3 Å². The molecular formula is C24H25FN4O5. The second kappa shape index (κ2) is 9.74. The third-order valence-corrected chi connectivity index (χ3v) is 5.48. The van der Waals surface area contributed by atoms with Gasteiger partial charge in [-0.1, -0.05) is 42.5 Å². The molecule has 0 aliphatic rings. The number of rotatable bonds is 7. The van der Waals surface area contributed by atoms with Crippen molar-refractivity contribution in [2.45, 2.75) is 32.5 Å². The number of amides is 2. The number of aromatic hydroxyl groups is 1. The average molecular weight is 468 g/mol. The van der Waals surface area contributed by atoms with Gasteiger partial charge in [-0.15, -0.1) is 0 Å². The number of hydrogen-bond acceptors (Lipinski definition) is 5. The van der Waals surface area contributed by atoms with E-state index in [-0.39, 0.29) is 18.9 Å². The van der Waals surface area contributed by atoms with Crippen LogP contribution >= 0.6 is 0 Å². The maximum Gasteiger partial charge on any atom is 0.408 e. The lowest BCUT2D eigenvalue weighted by atomic mass is 10.00. The van der Waals surface area contributed by atoms with E-state index in [1.807, 2.05) is 6.07 Å². The Labute approximate surface area is 195 Å². The van der Waals surface area contributed by atoms with Crippen molar-refractivity contribution in [3.05, 3.63) is 93.4 Å². The van der Waals surface area contributed by atoms with Gasteiger partial charge in [0.25, 0.3) is 11.5 Å². The number of aromatic nitrogens is 2. The summed E-state index contributed by atoms with van der Waals surface area (Å²) < 4.78 is 14.1. The van der Waals surface area contributed by atoms with Crippen LogP contribution in [0.4, 0.5) is 9.18 Å². The molecule has 3 N–H and O–H groups in total. The number of halogens is 1. The molecule has 0 saturated carbocycles. The Kier molecular flexibility index (Phi) is 7.00. The first-order valence-corrected chi connectivity index (χ1v) is 10.4. The fourth-order valence-corrected chi connectivity index (χ4v) is 3.56. The highest BCUT2D eigenvalue weighted by molar-refractivity contribution is 5.94. The molecule has 3 aromatic rings. The van der Waals surface area contributed by atoms with E-state index >= 15 is 0 Å². The van der Waals surface area contributed by atoms with Crippen molar-refractivity contribution in [2.75, 3.05) is 0 Å². The van der Waals surface area contributed by atoms with Crippen LogP contribution in [-0.4, -0.2) is 36.7 Å². The number of carboxylic acid groups (broad SMARTS) is 1. The molecule has 0 aliphatic heterocycles. The molecule has 1 heterocycles. The minimum Gasteiger partial charge on any atom is -0.501 e. The molecule has 0 radical (unpaired) electrons. The van der Waals surface area contributed by atoms with Gasteiger partial charge in [0, 0.05) is 13.6 Å². The Bertz CT molecular complexity index is 1260. The van der Waals surface area contributed by atoms with Gasteiger partial charge in [0.1, 0.15) is 11.6 Å². The van der Waals surface area contributed by atoms with E-state index in [0.717, 1.165) is 15.0 Å². The highest BCUT2D eigenvalue weighted by atomic mass is 19.1. The zero-order valence-corrected chi connectivity index (χ0v) is 18.9. The summed E-state index contributed by atoms with van der Waals surface area (Å²) in [5, 5.41) is 22.8. The predicted molar refractivity (Wildman–Crippen MR) is 122 cm³/mol. The minimum absolute atomic E-state index is 0.00340. The predicted octanol–water partition coefficient (Wildman–Crippen LogP) is 2.97. The van der Waals surface area contributed by atoms with E-state index in [4.69, 9.17) is 0 Å². The van der Waals surface area contributed by atoms with Gasteiger partial charge in [-0.05, 0) is 37.1 Å². The van der Waals surface area contributed by atoms with Gasteiger partial charge >= 0.3 is 6.09 Å². The minimum atomic E-state index is -1.35. The van der Waals surface area contributed by atoms with Gasteiger partial charge in [0.2, 0.25) is 5.75 Å². The zero-order valence-electron chi connectivity index (χ0n) is 18.9. The molecule has 0 unspecified atom stereocenters. The molecule has 2 amide bonds. The number of carbonyl (C=O) groups is 2. The number of carbonyl (C=O) groups excluding carboxylic acids is 1. The number of benzene rings is 2. The van der Waals surface area contributed by atoms with E-state index in [1.54, 1.807) is 38.1 Å². The molecule has 9 nitrogen and oxygen atoms in total. The monoisotopic (exact) mass is 468 g/mol. The Balaban J connectivity index is 1.96. The molecule has 1 aromatic heterocycles. The third-order valence-electron chi connectivity index (χ3n) is 5.48. The molecule has 3 rings (SSSR count). The number of nitrogens with one attached hydrogen (secondary N) is 1. The normalized spacial score (nSPS) is 11.2. The lowest BCUT2D eigenvalue weighted by molar-refractivity contribution is 0.0789. The van der Waals surface area contributed by atoms with Gasteiger partial charge in [0.05, 0.1) is 12.1 Å². The first-order valence-electron chi connectivity index (χ1n) is 10.4. The van der Waals surface area contributed by atoms with Crippen LogP contribution in [0.25, 0.3) is 0 Å². The summed E-state index contributed by atoms with van der Waals surface area (Å²) in [4.78, 5) is 42.9. The molecule has 0 saturated heterocycles. The lowest BCUT2D eigenvalue weighted by Crippen LogP contribution is -2.48. The lowest BCUT2D eigenvalue weighted by Gasteiger charge is -2.37. The smallest absolute Gasteiger partial charge is 0.408 e. The van der Waals surface area contributed by atoms with Gasteiger partial charge in [0.15, 0.2) is 5.69 Å². The van der Waals surface area contributed by atoms with Crippen molar-refractivity contribution >= 4 is 12.0 Å². The van der Waals surface area contributed by atoms with E-state index in [9.17, 15) is 29.0 Å². The first-order chi connectivity index (χ1) is 16.0. The van der Waals surface area contributed by atoms with Gasteiger partial charge in [-0.25, -0.2) is 14.2 Å². The maximum atomic E-state index is 13.1. The number of nitrogens with zero attached hydrogens (tertiary/aromatic N) is 3. The van der Waals surface area contributed by atoms with Gasteiger partial charge in [-0.2, -0.15) is 0 Å². The van der Waals surface area contributed by atoms with Crippen LogP contribution in [0.5, 0.6) is 5.75 Å². The molecule has 10 heteroatoms. The van der Waals surface area contributed by atoms with Crippen molar-refractivity contribution in [1.82, 2.24) is 19.8 Å². The molecule has 0 spiro atoms. The van der Waals surface area contributed by atoms with Gasteiger partial charge < -0.3 is 15.5 Å². The summed E-state index contributed by atoms with van der Waals surface area (Å²) in [6.07, 6.45) is -1.25. The molecule has 2 aromatic carbocycles. The third kappa shape index (κ3) is 5.06. The molecule has 0 aliphatic carbocycles. The zero-order chi connectivity index (χ0) is 25.0. The Hall–Kier alpha value is -4.21. The fourth-order valence-electron chi connectivity index (χ4n) is 3.56. The van der Waals surface area contributed by atoms with Crippen molar-refractivity contribution in [3.63, 3.8) is 0 Å². The molecule has 0 fully saturated rings. The van der Waals surface area contributed by atoms with Crippen LogP contribution in [0.2, 0.25) is 0 Å². The SMILES string of the molecule is Cn1c(C(C)(C)N(Cc2ccccc2)C(=O)O)nc(C(=O)NCc2ccc(F)cc2)c(O)c1=O. The summed E-state index contributed by atoms with van der Waals surface area (Å²) in [5.74, 6) is -2.14. The largest absolute Gasteiger partial charge is 0.501 e. The summed E-state index contributed by atoms with van der Waals surface area (Å²) in [6, 6.07) is 14.3. The molecule has 0 bridgehead atoms. The summed E-state index contributed by atoms with van der Waals surface area (Å²) in [5.41, 5.74) is -1.46. The molecular weight excluding hydrogens is 443 g/mol. The van der Waals surface area contributed by atoms with Crippen LogP contribution in [0.3, 0.4) is 0 Å². The fraction of sp³-hybridized carbons (Fsp3) is 0.250.